The first-order valence-electron chi connectivity index (χ1n) is 5.78. The van der Waals surface area contributed by atoms with Crippen molar-refractivity contribution < 1.29 is 4.79 Å². The van der Waals surface area contributed by atoms with Gasteiger partial charge in [-0.1, -0.05) is 6.92 Å². The van der Waals surface area contributed by atoms with Crippen molar-refractivity contribution in [2.24, 2.45) is 0 Å². The molecule has 94 valence electrons. The molecule has 0 atom stereocenters. The van der Waals surface area contributed by atoms with Gasteiger partial charge in [0.25, 0.3) is 0 Å². The second-order valence-corrected chi connectivity index (χ2v) is 3.57. The van der Waals surface area contributed by atoms with Gasteiger partial charge >= 0.3 is 0 Å². The molecule has 1 amide bonds. The molecule has 0 saturated heterocycles. The maximum Gasteiger partial charge on any atom is 0.221 e. The van der Waals surface area contributed by atoms with Gasteiger partial charge in [-0.05, 0) is 13.3 Å². The number of hydrogen-bond acceptors (Lipinski definition) is 5. The van der Waals surface area contributed by atoms with E-state index in [2.05, 4.69) is 20.6 Å². The van der Waals surface area contributed by atoms with Crippen LogP contribution in [-0.4, -0.2) is 29.0 Å². The van der Waals surface area contributed by atoms with Crippen molar-refractivity contribution in [3.8, 4) is 0 Å². The molecule has 0 aliphatic carbocycles. The molecule has 1 rings (SSSR count). The summed E-state index contributed by atoms with van der Waals surface area (Å²) in [4.78, 5) is 19.3. The van der Waals surface area contributed by atoms with Gasteiger partial charge in [0, 0.05) is 25.1 Å². The zero-order valence-electron chi connectivity index (χ0n) is 10.3. The van der Waals surface area contributed by atoms with E-state index in [9.17, 15) is 4.79 Å². The third-order valence-electron chi connectivity index (χ3n) is 2.35. The SMILES string of the molecule is CCNC(=O)CCNc1ncnc(N)c1CC. The van der Waals surface area contributed by atoms with Gasteiger partial charge in [-0.2, -0.15) is 0 Å². The number of nitrogen functional groups attached to an aromatic ring is 1. The summed E-state index contributed by atoms with van der Waals surface area (Å²) in [6, 6.07) is 0. The Balaban J connectivity index is 2.52. The monoisotopic (exact) mass is 237 g/mol. The number of anilines is 2. The largest absolute Gasteiger partial charge is 0.383 e. The van der Waals surface area contributed by atoms with Crippen molar-refractivity contribution in [1.29, 1.82) is 0 Å². The molecular weight excluding hydrogens is 218 g/mol. The summed E-state index contributed by atoms with van der Waals surface area (Å²) in [5, 5.41) is 5.84. The molecule has 0 aliphatic rings. The van der Waals surface area contributed by atoms with Gasteiger partial charge in [0.1, 0.15) is 18.0 Å². The minimum Gasteiger partial charge on any atom is -0.383 e. The van der Waals surface area contributed by atoms with E-state index >= 15 is 0 Å². The molecule has 6 nitrogen and oxygen atoms in total. The summed E-state index contributed by atoms with van der Waals surface area (Å²) in [6.45, 7) is 5.07. The lowest BCUT2D eigenvalue weighted by Gasteiger charge is -2.10. The van der Waals surface area contributed by atoms with E-state index in [-0.39, 0.29) is 5.91 Å². The van der Waals surface area contributed by atoms with Gasteiger partial charge < -0.3 is 16.4 Å². The molecule has 1 aromatic rings. The Kier molecular flexibility index (Phi) is 5.19. The van der Waals surface area contributed by atoms with E-state index in [4.69, 9.17) is 5.73 Å². The minimum atomic E-state index is 0.0278. The highest BCUT2D eigenvalue weighted by atomic mass is 16.1. The summed E-state index contributed by atoms with van der Waals surface area (Å²) in [5.41, 5.74) is 6.63. The maximum atomic E-state index is 11.2. The van der Waals surface area contributed by atoms with Crippen LogP contribution in [0.2, 0.25) is 0 Å². The second kappa shape index (κ2) is 6.67. The highest BCUT2D eigenvalue weighted by Gasteiger charge is 2.07. The van der Waals surface area contributed by atoms with Crippen molar-refractivity contribution >= 4 is 17.5 Å². The number of nitrogens with two attached hydrogens (primary N) is 1. The highest BCUT2D eigenvalue weighted by molar-refractivity contribution is 5.76. The first-order chi connectivity index (χ1) is 8.19. The average molecular weight is 237 g/mol. The van der Waals surface area contributed by atoms with Crippen LogP contribution in [0.1, 0.15) is 25.8 Å². The number of amides is 1. The van der Waals surface area contributed by atoms with Gasteiger partial charge in [0.15, 0.2) is 0 Å². The van der Waals surface area contributed by atoms with Gasteiger partial charge in [0.05, 0.1) is 0 Å². The predicted molar refractivity (Wildman–Crippen MR) is 67.6 cm³/mol. The molecule has 17 heavy (non-hydrogen) atoms. The molecule has 0 aliphatic heterocycles. The van der Waals surface area contributed by atoms with E-state index in [1.807, 2.05) is 13.8 Å². The van der Waals surface area contributed by atoms with E-state index in [1.165, 1.54) is 6.33 Å². The van der Waals surface area contributed by atoms with Crippen LogP contribution in [0.4, 0.5) is 11.6 Å². The smallest absolute Gasteiger partial charge is 0.221 e. The Labute approximate surface area is 101 Å². The first-order valence-corrected chi connectivity index (χ1v) is 5.78. The lowest BCUT2D eigenvalue weighted by Crippen LogP contribution is -2.25. The molecule has 1 aromatic heterocycles. The average Bonchev–Trinajstić information content (AvgIpc) is 2.29. The number of nitrogens with zero attached hydrogens (tertiary/aromatic N) is 2. The van der Waals surface area contributed by atoms with E-state index in [0.29, 0.717) is 31.1 Å². The van der Waals surface area contributed by atoms with Crippen LogP contribution in [0.5, 0.6) is 0 Å². The molecule has 4 N–H and O–H groups in total. The third-order valence-corrected chi connectivity index (χ3v) is 2.35. The normalized spacial score (nSPS) is 10.0. The molecule has 0 bridgehead atoms. The van der Waals surface area contributed by atoms with Gasteiger partial charge in [-0.25, -0.2) is 9.97 Å². The molecule has 0 aromatic carbocycles. The van der Waals surface area contributed by atoms with Crippen LogP contribution in [0.25, 0.3) is 0 Å². The Morgan fingerprint density at radius 3 is 2.82 bits per heavy atom. The molecule has 0 unspecified atom stereocenters. The van der Waals surface area contributed by atoms with Gasteiger partial charge in [-0.3, -0.25) is 4.79 Å². The first kappa shape index (κ1) is 13.2. The van der Waals surface area contributed by atoms with Gasteiger partial charge in [0.2, 0.25) is 5.91 Å². The molecule has 0 fully saturated rings. The summed E-state index contributed by atoms with van der Waals surface area (Å²) < 4.78 is 0. The molecule has 0 spiro atoms. The van der Waals surface area contributed by atoms with Gasteiger partial charge in [-0.15, -0.1) is 0 Å². The molecule has 0 saturated carbocycles. The fourth-order valence-electron chi connectivity index (χ4n) is 1.51. The van der Waals surface area contributed by atoms with E-state index in [1.54, 1.807) is 0 Å². The summed E-state index contributed by atoms with van der Waals surface area (Å²) in [5.74, 6) is 1.23. The molecule has 6 heteroatoms. The van der Waals surface area contributed by atoms with Crippen LogP contribution in [0.15, 0.2) is 6.33 Å². The Hall–Kier alpha value is -1.85. The van der Waals surface area contributed by atoms with Crippen molar-refractivity contribution in [2.45, 2.75) is 26.7 Å². The van der Waals surface area contributed by atoms with E-state index < -0.39 is 0 Å². The van der Waals surface area contributed by atoms with Crippen LogP contribution in [-0.2, 0) is 11.2 Å². The third kappa shape index (κ3) is 3.90. The number of aromatic nitrogens is 2. The number of rotatable bonds is 6. The van der Waals surface area contributed by atoms with Crippen LogP contribution >= 0.6 is 0 Å². The van der Waals surface area contributed by atoms with Crippen molar-refractivity contribution in [3.63, 3.8) is 0 Å². The van der Waals surface area contributed by atoms with Crippen molar-refractivity contribution in [1.82, 2.24) is 15.3 Å². The number of hydrogen-bond donors (Lipinski definition) is 3. The zero-order valence-corrected chi connectivity index (χ0v) is 10.3. The molecular formula is C11H19N5O. The summed E-state index contributed by atoms with van der Waals surface area (Å²) in [6.07, 6.45) is 2.60. The molecule has 0 radical (unpaired) electrons. The zero-order chi connectivity index (χ0) is 12.7. The fraction of sp³-hybridized carbons (Fsp3) is 0.545. The maximum absolute atomic E-state index is 11.2. The quantitative estimate of drug-likeness (QED) is 0.672. The Bertz CT molecular complexity index is 380. The lowest BCUT2D eigenvalue weighted by molar-refractivity contribution is -0.120. The van der Waals surface area contributed by atoms with Crippen molar-refractivity contribution in [2.75, 3.05) is 24.1 Å². The highest BCUT2D eigenvalue weighted by Crippen LogP contribution is 2.17. The minimum absolute atomic E-state index is 0.0278. The predicted octanol–water partition coefficient (Wildman–Crippen LogP) is 0.559. The Morgan fingerprint density at radius 1 is 1.41 bits per heavy atom. The van der Waals surface area contributed by atoms with E-state index in [0.717, 1.165) is 12.0 Å². The summed E-state index contributed by atoms with van der Waals surface area (Å²) >= 11 is 0. The topological polar surface area (TPSA) is 92.9 Å². The standard InChI is InChI=1S/C11H19N5O/c1-3-8-10(12)15-7-16-11(8)14-6-5-9(17)13-4-2/h7H,3-6H2,1-2H3,(H,13,17)(H3,12,14,15,16). The second-order valence-electron chi connectivity index (χ2n) is 3.57. The number of nitrogens with one attached hydrogen (secondary N) is 2. The fourth-order valence-corrected chi connectivity index (χ4v) is 1.51. The van der Waals surface area contributed by atoms with Crippen LogP contribution in [0.3, 0.4) is 0 Å². The Morgan fingerprint density at radius 2 is 2.18 bits per heavy atom. The lowest BCUT2D eigenvalue weighted by atomic mass is 10.2. The van der Waals surface area contributed by atoms with Crippen LogP contribution in [0, 0.1) is 0 Å². The number of carbonyl (C=O) groups excluding carboxylic acids is 1. The van der Waals surface area contributed by atoms with Crippen LogP contribution < -0.4 is 16.4 Å². The number of carbonyl (C=O) groups is 1. The van der Waals surface area contributed by atoms with Crippen molar-refractivity contribution in [3.05, 3.63) is 11.9 Å². The summed E-state index contributed by atoms with van der Waals surface area (Å²) in [7, 11) is 0. The molecule has 1 heterocycles.